The van der Waals surface area contributed by atoms with Gasteiger partial charge in [-0.2, -0.15) is 0 Å². The molecule has 2 rings (SSSR count). The lowest BCUT2D eigenvalue weighted by Crippen LogP contribution is -2.05. The van der Waals surface area contributed by atoms with E-state index in [9.17, 15) is 4.39 Å². The Morgan fingerprint density at radius 2 is 2.29 bits per heavy atom. The van der Waals surface area contributed by atoms with E-state index in [1.807, 2.05) is 19.3 Å². The van der Waals surface area contributed by atoms with Crippen molar-refractivity contribution in [1.82, 2.24) is 15.0 Å². The Balaban J connectivity index is 2.16. The number of rotatable bonds is 4. The SMILES string of the molecule is Cn1cc(CC(CBr)c2cccc(F)c2)nn1. The lowest BCUT2D eigenvalue weighted by molar-refractivity contribution is 0.621. The summed E-state index contributed by atoms with van der Waals surface area (Å²) in [5.41, 5.74) is 1.90. The van der Waals surface area contributed by atoms with Crippen molar-refractivity contribution in [2.24, 2.45) is 7.05 Å². The Bertz CT molecular complexity index is 498. The number of alkyl halides is 1. The third-order valence-electron chi connectivity index (χ3n) is 2.61. The summed E-state index contributed by atoms with van der Waals surface area (Å²) >= 11 is 3.46. The number of aryl methyl sites for hydroxylation is 1. The molecular weight excluding hydrogens is 285 g/mol. The molecule has 1 heterocycles. The minimum atomic E-state index is -0.201. The van der Waals surface area contributed by atoms with E-state index in [1.54, 1.807) is 16.8 Å². The first-order valence-corrected chi connectivity index (χ1v) is 6.48. The molecule has 0 saturated heterocycles. The van der Waals surface area contributed by atoms with Crippen LogP contribution in [0, 0.1) is 5.82 Å². The molecule has 0 bridgehead atoms. The van der Waals surface area contributed by atoms with Crippen LogP contribution in [0.2, 0.25) is 0 Å². The largest absolute Gasteiger partial charge is 0.255 e. The molecule has 0 fully saturated rings. The van der Waals surface area contributed by atoms with Crippen molar-refractivity contribution in [3.05, 3.63) is 47.5 Å². The smallest absolute Gasteiger partial charge is 0.123 e. The highest BCUT2D eigenvalue weighted by atomic mass is 79.9. The van der Waals surface area contributed by atoms with Crippen LogP contribution < -0.4 is 0 Å². The Labute approximate surface area is 108 Å². The Morgan fingerprint density at radius 1 is 1.47 bits per heavy atom. The van der Waals surface area contributed by atoms with Gasteiger partial charge in [-0.1, -0.05) is 33.3 Å². The standard InChI is InChI=1S/C12H13BrFN3/c1-17-8-12(15-16-17)6-10(7-13)9-3-2-4-11(14)5-9/h2-5,8,10H,6-7H2,1H3. The zero-order chi connectivity index (χ0) is 12.3. The van der Waals surface area contributed by atoms with Crippen molar-refractivity contribution in [1.29, 1.82) is 0 Å². The lowest BCUT2D eigenvalue weighted by atomic mass is 9.96. The van der Waals surface area contributed by atoms with Gasteiger partial charge in [-0.25, -0.2) is 4.39 Å². The molecule has 0 amide bonds. The first-order valence-electron chi connectivity index (χ1n) is 5.35. The van der Waals surface area contributed by atoms with Crippen LogP contribution in [0.4, 0.5) is 4.39 Å². The summed E-state index contributed by atoms with van der Waals surface area (Å²) in [6, 6.07) is 6.70. The van der Waals surface area contributed by atoms with E-state index in [1.165, 1.54) is 6.07 Å². The number of aromatic nitrogens is 3. The maximum Gasteiger partial charge on any atom is 0.123 e. The highest BCUT2D eigenvalue weighted by Gasteiger charge is 2.13. The molecule has 0 saturated carbocycles. The van der Waals surface area contributed by atoms with Crippen LogP contribution in [0.5, 0.6) is 0 Å². The molecule has 0 spiro atoms. The molecular formula is C12H13BrFN3. The van der Waals surface area contributed by atoms with Crippen molar-refractivity contribution < 1.29 is 4.39 Å². The van der Waals surface area contributed by atoms with E-state index in [4.69, 9.17) is 0 Å². The quantitative estimate of drug-likeness (QED) is 0.813. The summed E-state index contributed by atoms with van der Waals surface area (Å²) in [5.74, 6) is 0.00926. The summed E-state index contributed by atoms with van der Waals surface area (Å²) in [6.07, 6.45) is 2.64. The summed E-state index contributed by atoms with van der Waals surface area (Å²) in [6.45, 7) is 0. The Hall–Kier alpha value is -1.23. The molecule has 1 unspecified atom stereocenters. The summed E-state index contributed by atoms with van der Waals surface area (Å²) in [5, 5.41) is 8.71. The van der Waals surface area contributed by atoms with Gasteiger partial charge in [-0.3, -0.25) is 4.68 Å². The van der Waals surface area contributed by atoms with Gasteiger partial charge in [0.1, 0.15) is 5.82 Å². The highest BCUT2D eigenvalue weighted by Crippen LogP contribution is 2.22. The van der Waals surface area contributed by atoms with Crippen LogP contribution in [0.1, 0.15) is 17.2 Å². The molecule has 0 aliphatic carbocycles. The van der Waals surface area contributed by atoms with E-state index in [0.29, 0.717) is 0 Å². The summed E-state index contributed by atoms with van der Waals surface area (Å²) in [7, 11) is 1.84. The van der Waals surface area contributed by atoms with Crippen molar-refractivity contribution in [3.63, 3.8) is 0 Å². The van der Waals surface area contributed by atoms with Crippen molar-refractivity contribution in [2.45, 2.75) is 12.3 Å². The number of benzene rings is 1. The third kappa shape index (κ3) is 3.12. The molecule has 0 aliphatic rings. The maximum absolute atomic E-state index is 13.2. The van der Waals surface area contributed by atoms with Crippen LogP contribution in [0.3, 0.4) is 0 Å². The van der Waals surface area contributed by atoms with Gasteiger partial charge in [0.25, 0.3) is 0 Å². The fraction of sp³-hybridized carbons (Fsp3) is 0.333. The molecule has 1 aromatic heterocycles. The molecule has 0 aliphatic heterocycles. The van der Waals surface area contributed by atoms with Gasteiger partial charge in [0.2, 0.25) is 0 Å². The molecule has 17 heavy (non-hydrogen) atoms. The van der Waals surface area contributed by atoms with Crippen LogP contribution in [0.15, 0.2) is 30.5 Å². The number of nitrogens with zero attached hydrogens (tertiary/aromatic N) is 3. The van der Waals surface area contributed by atoms with Crippen LogP contribution in [0.25, 0.3) is 0 Å². The van der Waals surface area contributed by atoms with E-state index in [-0.39, 0.29) is 11.7 Å². The molecule has 90 valence electrons. The second kappa shape index (κ2) is 5.40. The van der Waals surface area contributed by atoms with Gasteiger partial charge in [0, 0.05) is 25.0 Å². The second-order valence-electron chi connectivity index (χ2n) is 3.99. The van der Waals surface area contributed by atoms with Gasteiger partial charge in [-0.15, -0.1) is 5.10 Å². The predicted molar refractivity (Wildman–Crippen MR) is 67.6 cm³/mol. The van der Waals surface area contributed by atoms with Crippen LogP contribution >= 0.6 is 15.9 Å². The summed E-state index contributed by atoms with van der Waals surface area (Å²) < 4.78 is 14.8. The van der Waals surface area contributed by atoms with Gasteiger partial charge in [-0.05, 0) is 23.6 Å². The predicted octanol–water partition coefficient (Wildman–Crippen LogP) is 2.68. The monoisotopic (exact) mass is 297 g/mol. The third-order valence-corrected chi connectivity index (χ3v) is 3.39. The minimum Gasteiger partial charge on any atom is -0.255 e. The van der Waals surface area contributed by atoms with Gasteiger partial charge in [0.05, 0.1) is 5.69 Å². The summed E-state index contributed by atoms with van der Waals surface area (Å²) in [4.78, 5) is 0. The van der Waals surface area contributed by atoms with Crippen molar-refractivity contribution in [2.75, 3.05) is 5.33 Å². The Morgan fingerprint density at radius 3 is 2.88 bits per heavy atom. The normalized spacial score (nSPS) is 12.6. The Kier molecular flexibility index (Phi) is 3.89. The first-order chi connectivity index (χ1) is 8.19. The molecule has 0 radical (unpaired) electrons. The average molecular weight is 298 g/mol. The van der Waals surface area contributed by atoms with E-state index < -0.39 is 0 Å². The van der Waals surface area contributed by atoms with Crippen molar-refractivity contribution >= 4 is 15.9 Å². The van der Waals surface area contributed by atoms with E-state index in [2.05, 4.69) is 26.2 Å². The van der Waals surface area contributed by atoms with Gasteiger partial charge < -0.3 is 0 Å². The van der Waals surface area contributed by atoms with Crippen LogP contribution in [-0.4, -0.2) is 20.3 Å². The topological polar surface area (TPSA) is 30.7 Å². The van der Waals surface area contributed by atoms with E-state index >= 15 is 0 Å². The maximum atomic E-state index is 13.2. The second-order valence-corrected chi connectivity index (χ2v) is 4.64. The number of hydrogen-bond acceptors (Lipinski definition) is 2. The van der Waals surface area contributed by atoms with Gasteiger partial charge in [0.15, 0.2) is 0 Å². The molecule has 0 N–H and O–H groups in total. The average Bonchev–Trinajstić information content (AvgIpc) is 2.72. The first kappa shape index (κ1) is 12.2. The molecule has 1 atom stereocenters. The molecule has 5 heteroatoms. The lowest BCUT2D eigenvalue weighted by Gasteiger charge is -2.12. The fourth-order valence-corrected chi connectivity index (χ4v) is 2.37. The number of hydrogen-bond donors (Lipinski definition) is 0. The number of halogens is 2. The zero-order valence-electron chi connectivity index (χ0n) is 9.48. The zero-order valence-corrected chi connectivity index (χ0v) is 11.1. The fourth-order valence-electron chi connectivity index (χ4n) is 1.76. The van der Waals surface area contributed by atoms with Crippen LogP contribution in [-0.2, 0) is 13.5 Å². The molecule has 1 aromatic carbocycles. The minimum absolute atomic E-state index is 0.201. The van der Waals surface area contributed by atoms with Gasteiger partial charge >= 0.3 is 0 Å². The van der Waals surface area contributed by atoms with E-state index in [0.717, 1.165) is 23.0 Å². The highest BCUT2D eigenvalue weighted by molar-refractivity contribution is 9.09. The van der Waals surface area contributed by atoms with Crippen molar-refractivity contribution in [3.8, 4) is 0 Å². The molecule has 3 nitrogen and oxygen atoms in total. The molecule has 2 aromatic rings.